The molecule has 2 unspecified atom stereocenters. The maximum absolute atomic E-state index is 11.7. The topological polar surface area (TPSA) is 71.5 Å². The number of piperazine rings is 1. The van der Waals surface area contributed by atoms with Gasteiger partial charge in [-0.1, -0.05) is 29.8 Å². The van der Waals surface area contributed by atoms with Gasteiger partial charge in [-0.05, 0) is 36.8 Å². The van der Waals surface area contributed by atoms with Gasteiger partial charge in [0.1, 0.15) is 12.7 Å². The molecular formula is C24H31ClN2O5. The van der Waals surface area contributed by atoms with E-state index >= 15 is 0 Å². The summed E-state index contributed by atoms with van der Waals surface area (Å²) >= 11 is 6.36. The molecule has 7 nitrogen and oxygen atoms in total. The van der Waals surface area contributed by atoms with Crippen molar-refractivity contribution in [3.8, 4) is 11.5 Å². The Hall–Kier alpha value is -2.32. The molecule has 2 atom stereocenters. The molecular weight excluding hydrogens is 432 g/mol. The van der Waals surface area contributed by atoms with Crippen molar-refractivity contribution in [1.82, 2.24) is 9.80 Å². The Bertz CT molecular complexity index is 902. The van der Waals surface area contributed by atoms with Crippen molar-refractivity contribution < 1.29 is 24.1 Å². The number of carbonyl (C=O) groups excluding carboxylic acids is 1. The minimum Gasteiger partial charge on any atom is -0.493 e. The van der Waals surface area contributed by atoms with Crippen LogP contribution in [0.4, 0.5) is 0 Å². The van der Waals surface area contributed by atoms with Crippen LogP contribution in [0.5, 0.6) is 11.5 Å². The van der Waals surface area contributed by atoms with E-state index < -0.39 is 12.1 Å². The highest BCUT2D eigenvalue weighted by atomic mass is 35.5. The molecule has 0 saturated carbocycles. The number of hydrogen-bond acceptors (Lipinski definition) is 7. The van der Waals surface area contributed by atoms with Gasteiger partial charge in [0.25, 0.3) is 0 Å². The third-order valence-corrected chi connectivity index (χ3v) is 6.14. The molecule has 32 heavy (non-hydrogen) atoms. The van der Waals surface area contributed by atoms with Gasteiger partial charge >= 0.3 is 5.97 Å². The summed E-state index contributed by atoms with van der Waals surface area (Å²) in [7, 11) is 2.83. The predicted molar refractivity (Wildman–Crippen MR) is 124 cm³/mol. The van der Waals surface area contributed by atoms with Gasteiger partial charge in [-0.15, -0.1) is 0 Å². The number of aliphatic hydroxyl groups is 1. The van der Waals surface area contributed by atoms with Crippen LogP contribution in [0.2, 0.25) is 5.02 Å². The maximum atomic E-state index is 11.7. The first-order valence-corrected chi connectivity index (χ1v) is 11.1. The molecule has 1 aliphatic heterocycles. The zero-order valence-corrected chi connectivity index (χ0v) is 19.5. The van der Waals surface area contributed by atoms with Crippen molar-refractivity contribution in [2.45, 2.75) is 19.1 Å². The zero-order valence-electron chi connectivity index (χ0n) is 18.8. The van der Waals surface area contributed by atoms with E-state index in [0.717, 1.165) is 36.8 Å². The highest BCUT2D eigenvalue weighted by Gasteiger charge is 2.24. The van der Waals surface area contributed by atoms with Gasteiger partial charge in [-0.2, -0.15) is 0 Å². The number of benzene rings is 2. The number of hydrogen-bond donors (Lipinski definition) is 1. The van der Waals surface area contributed by atoms with Crippen molar-refractivity contribution >= 4 is 17.6 Å². The molecule has 0 aromatic heterocycles. The van der Waals surface area contributed by atoms with Crippen molar-refractivity contribution in [1.29, 1.82) is 0 Å². The number of β-amino-alcohol motifs (C(OH)–C–C–N with tert-alkyl or cyclic N) is 1. The fourth-order valence-corrected chi connectivity index (χ4v) is 4.21. The fourth-order valence-electron chi connectivity index (χ4n) is 3.91. The van der Waals surface area contributed by atoms with E-state index in [9.17, 15) is 9.90 Å². The molecule has 0 aliphatic carbocycles. The van der Waals surface area contributed by atoms with Crippen molar-refractivity contribution in [2.75, 3.05) is 53.6 Å². The number of rotatable bonds is 9. The summed E-state index contributed by atoms with van der Waals surface area (Å²) in [5, 5.41) is 11.3. The van der Waals surface area contributed by atoms with Gasteiger partial charge in [-0.25, -0.2) is 4.79 Å². The van der Waals surface area contributed by atoms with Gasteiger partial charge in [0.05, 0.1) is 19.8 Å². The smallest absolute Gasteiger partial charge is 0.337 e. The Kier molecular flexibility index (Phi) is 8.75. The second kappa shape index (κ2) is 11.5. The molecule has 0 amide bonds. The normalized spacial score (nSPS) is 16.9. The number of esters is 1. The molecule has 1 fully saturated rings. The molecule has 0 radical (unpaired) electrons. The van der Waals surface area contributed by atoms with Crippen LogP contribution in [0, 0.1) is 0 Å². The van der Waals surface area contributed by atoms with Gasteiger partial charge in [0.15, 0.2) is 11.5 Å². The van der Waals surface area contributed by atoms with Gasteiger partial charge in [-0.3, -0.25) is 9.80 Å². The van der Waals surface area contributed by atoms with Crippen LogP contribution >= 0.6 is 11.6 Å². The standard InChI is InChI=1S/C24H31ClN2O5/c1-17(20-6-4-5-7-21(20)25)27-12-10-26(11-13-27)15-19(28)16-32-22-9-8-18(24(29)31-3)14-23(22)30-2/h4-9,14,17,19,28H,10-13,15-16H2,1-3H3. The average molecular weight is 463 g/mol. The molecule has 1 heterocycles. The SMILES string of the molecule is COC(=O)c1ccc(OCC(O)CN2CCN(C(C)c3ccccc3Cl)CC2)c(OC)c1. The zero-order chi connectivity index (χ0) is 23.1. The van der Waals surface area contributed by atoms with E-state index in [-0.39, 0.29) is 12.6 Å². The van der Waals surface area contributed by atoms with Gasteiger partial charge in [0.2, 0.25) is 0 Å². The summed E-state index contributed by atoms with van der Waals surface area (Å²) in [5.74, 6) is 0.442. The Balaban J connectivity index is 1.47. The van der Waals surface area contributed by atoms with E-state index in [0.29, 0.717) is 23.6 Å². The van der Waals surface area contributed by atoms with Crippen LogP contribution in [0.25, 0.3) is 0 Å². The minimum absolute atomic E-state index is 0.129. The summed E-state index contributed by atoms with van der Waals surface area (Å²) in [5.41, 5.74) is 1.52. The van der Waals surface area contributed by atoms with E-state index in [2.05, 4.69) is 22.8 Å². The molecule has 0 bridgehead atoms. The van der Waals surface area contributed by atoms with Crippen LogP contribution in [-0.4, -0.2) is 80.5 Å². The average Bonchev–Trinajstić information content (AvgIpc) is 2.82. The summed E-state index contributed by atoms with van der Waals surface area (Å²) in [6.45, 7) is 6.37. The van der Waals surface area contributed by atoms with Crippen molar-refractivity contribution in [3.63, 3.8) is 0 Å². The fraction of sp³-hybridized carbons (Fsp3) is 0.458. The Morgan fingerprint density at radius 1 is 1.09 bits per heavy atom. The summed E-state index contributed by atoms with van der Waals surface area (Å²) in [6.07, 6.45) is -0.646. The highest BCUT2D eigenvalue weighted by Crippen LogP contribution is 2.29. The molecule has 1 aliphatic rings. The van der Waals surface area contributed by atoms with Gasteiger partial charge < -0.3 is 19.3 Å². The Morgan fingerprint density at radius 3 is 2.47 bits per heavy atom. The lowest BCUT2D eigenvalue weighted by atomic mass is 10.1. The van der Waals surface area contributed by atoms with Crippen molar-refractivity contribution in [2.24, 2.45) is 0 Å². The van der Waals surface area contributed by atoms with Gasteiger partial charge in [0, 0.05) is 43.8 Å². The largest absolute Gasteiger partial charge is 0.493 e. The van der Waals surface area contributed by atoms with E-state index in [4.69, 9.17) is 25.8 Å². The molecule has 2 aromatic carbocycles. The van der Waals surface area contributed by atoms with Crippen LogP contribution in [0.3, 0.4) is 0 Å². The first-order valence-electron chi connectivity index (χ1n) is 10.7. The van der Waals surface area contributed by atoms with E-state index in [1.54, 1.807) is 18.2 Å². The van der Waals surface area contributed by atoms with Crippen LogP contribution < -0.4 is 9.47 Å². The van der Waals surface area contributed by atoms with Crippen LogP contribution in [0.1, 0.15) is 28.9 Å². The summed E-state index contributed by atoms with van der Waals surface area (Å²) in [4.78, 5) is 16.3. The number of aliphatic hydroxyl groups excluding tert-OH is 1. The lowest BCUT2D eigenvalue weighted by Crippen LogP contribution is -2.49. The first-order chi connectivity index (χ1) is 15.4. The van der Waals surface area contributed by atoms with E-state index in [1.165, 1.54) is 14.2 Å². The third kappa shape index (κ3) is 6.13. The van der Waals surface area contributed by atoms with E-state index in [1.807, 2.05) is 18.2 Å². The second-order valence-electron chi connectivity index (χ2n) is 7.86. The maximum Gasteiger partial charge on any atom is 0.337 e. The molecule has 3 rings (SSSR count). The minimum atomic E-state index is -0.646. The summed E-state index contributed by atoms with van der Waals surface area (Å²) in [6, 6.07) is 13.0. The lowest BCUT2D eigenvalue weighted by Gasteiger charge is -2.39. The highest BCUT2D eigenvalue weighted by molar-refractivity contribution is 6.31. The summed E-state index contributed by atoms with van der Waals surface area (Å²) < 4.78 is 15.8. The number of halogens is 1. The number of ether oxygens (including phenoxy) is 3. The molecule has 174 valence electrons. The Labute approximate surface area is 194 Å². The number of carbonyl (C=O) groups is 1. The Morgan fingerprint density at radius 2 is 1.81 bits per heavy atom. The molecule has 8 heteroatoms. The predicted octanol–water partition coefficient (Wildman–Crippen LogP) is 3.25. The lowest BCUT2D eigenvalue weighted by molar-refractivity contribution is 0.0375. The second-order valence-corrected chi connectivity index (χ2v) is 8.26. The monoisotopic (exact) mass is 462 g/mol. The molecule has 2 aromatic rings. The van der Waals surface area contributed by atoms with Crippen LogP contribution in [-0.2, 0) is 4.74 Å². The third-order valence-electron chi connectivity index (χ3n) is 5.79. The first kappa shape index (κ1) is 24.3. The van der Waals surface area contributed by atoms with Crippen molar-refractivity contribution in [3.05, 3.63) is 58.6 Å². The molecule has 1 N–H and O–H groups in total. The molecule has 0 spiro atoms. The number of methoxy groups -OCH3 is 2. The van der Waals surface area contributed by atoms with Crippen LogP contribution in [0.15, 0.2) is 42.5 Å². The quantitative estimate of drug-likeness (QED) is 0.573. The molecule has 1 saturated heterocycles. The number of nitrogens with zero attached hydrogens (tertiary/aromatic N) is 2.